The Balaban J connectivity index is 2.07. The normalized spacial score (nSPS) is 19.7. The van der Waals surface area contributed by atoms with Gasteiger partial charge in [0.05, 0.1) is 12.5 Å². The van der Waals surface area contributed by atoms with Crippen molar-refractivity contribution >= 4 is 0 Å². The number of nitrogens with one attached hydrogen (secondary N) is 1. The van der Waals surface area contributed by atoms with Crippen molar-refractivity contribution in [2.75, 3.05) is 20.2 Å². The van der Waals surface area contributed by atoms with Gasteiger partial charge in [0.15, 0.2) is 0 Å². The molecule has 0 atom stereocenters. The smallest absolute Gasteiger partial charge is 0.395 e. The maximum Gasteiger partial charge on any atom is 0.395 e. The first kappa shape index (κ1) is 21.9. The van der Waals surface area contributed by atoms with Crippen LogP contribution in [0, 0.1) is 5.41 Å². The van der Waals surface area contributed by atoms with Crippen LogP contribution < -0.4 is 10.1 Å². The van der Waals surface area contributed by atoms with Gasteiger partial charge in [0.2, 0.25) is 5.92 Å². The lowest BCUT2D eigenvalue weighted by molar-refractivity contribution is -0.209. The topological polar surface area (TPSA) is 21.3 Å². The van der Waals surface area contributed by atoms with Gasteiger partial charge in [-0.3, -0.25) is 0 Å². The molecule has 7 heteroatoms. The first-order valence-electron chi connectivity index (χ1n) is 9.21. The highest BCUT2D eigenvalue weighted by Crippen LogP contribution is 2.47. The van der Waals surface area contributed by atoms with Crippen molar-refractivity contribution in [3.05, 3.63) is 29.8 Å². The van der Waals surface area contributed by atoms with E-state index in [9.17, 15) is 22.0 Å². The predicted octanol–water partition coefficient (Wildman–Crippen LogP) is 5.71. The van der Waals surface area contributed by atoms with Crippen LogP contribution in [0.25, 0.3) is 0 Å². The first-order chi connectivity index (χ1) is 12.4. The van der Waals surface area contributed by atoms with E-state index in [1.165, 1.54) is 0 Å². The maximum absolute atomic E-state index is 13.7. The maximum atomic E-state index is 13.7. The molecule has 0 aliphatic heterocycles. The average molecular weight is 393 g/mol. The van der Waals surface area contributed by atoms with Gasteiger partial charge in [-0.25, -0.2) is 8.78 Å². The van der Waals surface area contributed by atoms with Gasteiger partial charge in [0.1, 0.15) is 5.75 Å². The van der Waals surface area contributed by atoms with E-state index in [-0.39, 0.29) is 19.4 Å². The average Bonchev–Trinajstić information content (AvgIpc) is 2.59. The van der Waals surface area contributed by atoms with E-state index in [1.54, 1.807) is 19.2 Å². The Morgan fingerprint density at radius 1 is 1.00 bits per heavy atom. The molecule has 1 aliphatic rings. The van der Waals surface area contributed by atoms with Gasteiger partial charge in [-0.2, -0.15) is 13.2 Å². The van der Waals surface area contributed by atoms with E-state index in [0.717, 1.165) is 19.4 Å². The van der Waals surface area contributed by atoms with E-state index in [1.807, 2.05) is 12.1 Å². The minimum absolute atomic E-state index is 0.201. The molecule has 1 fully saturated rings. The summed E-state index contributed by atoms with van der Waals surface area (Å²) in [6.45, 7) is 2.45. The molecule has 0 radical (unpaired) electrons. The Morgan fingerprint density at radius 3 is 2.04 bits per heavy atom. The minimum Gasteiger partial charge on any atom is -0.497 e. The number of hydrogen-bond acceptors (Lipinski definition) is 2. The van der Waals surface area contributed by atoms with Crippen LogP contribution in [-0.2, 0) is 5.41 Å². The summed E-state index contributed by atoms with van der Waals surface area (Å²) in [5.74, 6) is -1.98. The number of halogens is 5. The van der Waals surface area contributed by atoms with Crippen molar-refractivity contribution in [2.24, 2.45) is 5.41 Å². The van der Waals surface area contributed by atoms with E-state index >= 15 is 0 Å². The molecular formula is C20H28F5NO. The molecule has 1 aromatic rings. The van der Waals surface area contributed by atoms with Gasteiger partial charge in [0.25, 0.3) is 0 Å². The second-order valence-corrected chi connectivity index (χ2v) is 8.17. The number of methoxy groups -OCH3 is 1. The fraction of sp³-hybridized carbons (Fsp3) is 0.700. The Kier molecular flexibility index (Phi) is 6.44. The van der Waals surface area contributed by atoms with Crippen molar-refractivity contribution in [1.29, 1.82) is 0 Å². The van der Waals surface area contributed by atoms with Gasteiger partial charge in [-0.1, -0.05) is 12.1 Å². The van der Waals surface area contributed by atoms with Gasteiger partial charge >= 0.3 is 6.18 Å². The monoisotopic (exact) mass is 393 g/mol. The molecular weight excluding hydrogens is 365 g/mol. The highest BCUT2D eigenvalue weighted by molar-refractivity contribution is 5.33. The number of alkyl halides is 5. The van der Waals surface area contributed by atoms with Crippen molar-refractivity contribution in [3.8, 4) is 5.75 Å². The van der Waals surface area contributed by atoms with Crippen molar-refractivity contribution in [2.45, 2.75) is 63.5 Å². The van der Waals surface area contributed by atoms with Gasteiger partial charge in [-0.05, 0) is 62.8 Å². The van der Waals surface area contributed by atoms with E-state index in [0.29, 0.717) is 31.6 Å². The standard InChI is InChI=1S/C20H28F5NO/c1-17(2,20(23,24)25)14-26-13-12-18(8-10-19(21,22)11-9-18)15-4-6-16(27-3)7-5-15/h4-7,26H,8-14H2,1-3H3. The molecule has 2 rings (SSSR count). The molecule has 0 saturated heterocycles. The Bertz CT molecular complexity index is 600. The largest absolute Gasteiger partial charge is 0.497 e. The molecule has 154 valence electrons. The van der Waals surface area contributed by atoms with Gasteiger partial charge in [-0.15, -0.1) is 0 Å². The summed E-state index contributed by atoms with van der Waals surface area (Å²) in [5, 5.41) is 2.89. The molecule has 0 aromatic heterocycles. The zero-order chi connectivity index (χ0) is 20.3. The van der Waals surface area contributed by atoms with E-state index in [2.05, 4.69) is 5.32 Å². The van der Waals surface area contributed by atoms with Crippen molar-refractivity contribution in [1.82, 2.24) is 5.32 Å². The minimum atomic E-state index is -4.29. The molecule has 2 nitrogen and oxygen atoms in total. The van der Waals surface area contributed by atoms with Crippen molar-refractivity contribution in [3.63, 3.8) is 0 Å². The van der Waals surface area contributed by atoms with Crippen molar-refractivity contribution < 1.29 is 26.7 Å². The zero-order valence-corrected chi connectivity index (χ0v) is 16.1. The third kappa shape index (κ3) is 5.33. The molecule has 27 heavy (non-hydrogen) atoms. The van der Waals surface area contributed by atoms with Crippen LogP contribution in [0.1, 0.15) is 51.5 Å². The molecule has 0 heterocycles. The lowest BCUT2D eigenvalue weighted by atomic mass is 9.66. The second-order valence-electron chi connectivity index (χ2n) is 8.17. The molecule has 1 aromatic carbocycles. The second kappa shape index (κ2) is 7.94. The van der Waals surface area contributed by atoms with E-state index in [4.69, 9.17) is 4.74 Å². The highest BCUT2D eigenvalue weighted by atomic mass is 19.4. The number of benzene rings is 1. The highest BCUT2D eigenvalue weighted by Gasteiger charge is 2.47. The van der Waals surface area contributed by atoms with Crippen LogP contribution in [0.4, 0.5) is 22.0 Å². The Morgan fingerprint density at radius 2 is 1.56 bits per heavy atom. The first-order valence-corrected chi connectivity index (χ1v) is 9.21. The summed E-state index contributed by atoms with van der Waals surface area (Å²) < 4.78 is 71.5. The third-order valence-corrected chi connectivity index (χ3v) is 5.76. The molecule has 1 aliphatic carbocycles. The summed E-state index contributed by atoms with van der Waals surface area (Å²) in [6.07, 6.45) is -3.54. The predicted molar refractivity (Wildman–Crippen MR) is 95.4 cm³/mol. The summed E-state index contributed by atoms with van der Waals surface area (Å²) in [4.78, 5) is 0. The van der Waals surface area contributed by atoms with Crippen LogP contribution in [0.2, 0.25) is 0 Å². The molecule has 1 N–H and O–H groups in total. The third-order valence-electron chi connectivity index (χ3n) is 5.76. The Labute approximate surface area is 157 Å². The summed E-state index contributed by atoms with van der Waals surface area (Å²) in [5.41, 5.74) is -1.35. The fourth-order valence-electron chi connectivity index (χ4n) is 3.55. The van der Waals surface area contributed by atoms with E-state index < -0.39 is 22.9 Å². The quantitative estimate of drug-likeness (QED) is 0.473. The molecule has 1 saturated carbocycles. The van der Waals surface area contributed by atoms with Gasteiger partial charge < -0.3 is 10.1 Å². The van der Waals surface area contributed by atoms with Crippen LogP contribution >= 0.6 is 0 Å². The fourth-order valence-corrected chi connectivity index (χ4v) is 3.55. The number of hydrogen-bond donors (Lipinski definition) is 1. The summed E-state index contributed by atoms with van der Waals surface area (Å²) in [7, 11) is 1.55. The molecule has 0 unspecified atom stereocenters. The van der Waals surface area contributed by atoms with Crippen LogP contribution in [0.15, 0.2) is 24.3 Å². The Hall–Kier alpha value is -1.37. The van der Waals surface area contributed by atoms with Crippen LogP contribution in [0.3, 0.4) is 0 Å². The summed E-state index contributed by atoms with van der Waals surface area (Å²) in [6, 6.07) is 7.35. The van der Waals surface area contributed by atoms with Gasteiger partial charge in [0, 0.05) is 19.4 Å². The zero-order valence-electron chi connectivity index (χ0n) is 16.1. The SMILES string of the molecule is COc1ccc(C2(CCNCC(C)(C)C(F)(F)F)CCC(F)(F)CC2)cc1. The lowest BCUT2D eigenvalue weighted by Crippen LogP contribution is -2.43. The number of ether oxygens (including phenoxy) is 1. The molecule has 0 spiro atoms. The summed E-state index contributed by atoms with van der Waals surface area (Å²) >= 11 is 0. The van der Waals surface area contributed by atoms with Crippen LogP contribution in [-0.4, -0.2) is 32.3 Å². The molecule has 0 amide bonds. The lowest BCUT2D eigenvalue weighted by Gasteiger charge is -2.41. The number of rotatable bonds is 7. The molecule has 0 bridgehead atoms. The van der Waals surface area contributed by atoms with Crippen LogP contribution in [0.5, 0.6) is 5.75 Å².